The SMILES string of the molecule is CC(C)(C)c1ccc(COc2ccc(Cl)cc2CO)cc1. The molecule has 0 atom stereocenters. The molecule has 112 valence electrons. The zero-order valence-electron chi connectivity index (χ0n) is 12.7. The number of halogens is 1. The Morgan fingerprint density at radius 3 is 2.29 bits per heavy atom. The molecular weight excluding hydrogens is 284 g/mol. The van der Waals surface area contributed by atoms with Crippen LogP contribution < -0.4 is 4.74 Å². The molecule has 2 aromatic rings. The normalized spacial score (nSPS) is 11.5. The van der Waals surface area contributed by atoms with Gasteiger partial charge in [-0.05, 0) is 34.7 Å². The highest BCUT2D eigenvalue weighted by atomic mass is 35.5. The highest BCUT2D eigenvalue weighted by molar-refractivity contribution is 6.30. The summed E-state index contributed by atoms with van der Waals surface area (Å²) < 4.78 is 5.78. The summed E-state index contributed by atoms with van der Waals surface area (Å²) in [6, 6.07) is 13.7. The van der Waals surface area contributed by atoms with Crippen molar-refractivity contribution in [3.63, 3.8) is 0 Å². The van der Waals surface area contributed by atoms with Crippen molar-refractivity contribution in [2.75, 3.05) is 0 Å². The average molecular weight is 305 g/mol. The molecule has 2 rings (SSSR count). The maximum absolute atomic E-state index is 9.33. The quantitative estimate of drug-likeness (QED) is 0.886. The second kappa shape index (κ2) is 6.50. The molecule has 0 bridgehead atoms. The summed E-state index contributed by atoms with van der Waals surface area (Å²) in [4.78, 5) is 0. The molecule has 2 nitrogen and oxygen atoms in total. The van der Waals surface area contributed by atoms with E-state index in [1.165, 1.54) is 5.56 Å². The van der Waals surface area contributed by atoms with Gasteiger partial charge in [-0.3, -0.25) is 0 Å². The fourth-order valence-corrected chi connectivity index (χ4v) is 2.27. The average Bonchev–Trinajstić information content (AvgIpc) is 2.45. The second-order valence-electron chi connectivity index (χ2n) is 6.15. The molecule has 3 heteroatoms. The lowest BCUT2D eigenvalue weighted by Crippen LogP contribution is -2.10. The second-order valence-corrected chi connectivity index (χ2v) is 6.58. The minimum Gasteiger partial charge on any atom is -0.489 e. The third kappa shape index (κ3) is 4.23. The van der Waals surface area contributed by atoms with E-state index < -0.39 is 0 Å². The summed E-state index contributed by atoms with van der Waals surface area (Å²) in [5.74, 6) is 0.668. The molecule has 0 aliphatic rings. The highest BCUT2D eigenvalue weighted by Gasteiger charge is 2.13. The Morgan fingerprint density at radius 2 is 1.71 bits per heavy atom. The maximum atomic E-state index is 9.33. The molecule has 0 aliphatic heterocycles. The molecule has 0 aromatic heterocycles. The Morgan fingerprint density at radius 1 is 1.05 bits per heavy atom. The summed E-state index contributed by atoms with van der Waals surface area (Å²) >= 11 is 5.91. The van der Waals surface area contributed by atoms with Crippen molar-refractivity contribution in [3.05, 3.63) is 64.2 Å². The third-order valence-electron chi connectivity index (χ3n) is 3.41. The topological polar surface area (TPSA) is 29.5 Å². The van der Waals surface area contributed by atoms with Gasteiger partial charge in [0.25, 0.3) is 0 Å². The molecule has 0 heterocycles. The lowest BCUT2D eigenvalue weighted by molar-refractivity contribution is 0.259. The van der Waals surface area contributed by atoms with Gasteiger partial charge < -0.3 is 9.84 Å². The van der Waals surface area contributed by atoms with Crippen LogP contribution in [0.3, 0.4) is 0 Å². The molecule has 0 spiro atoms. The van der Waals surface area contributed by atoms with Crippen LogP contribution in [0.5, 0.6) is 5.75 Å². The molecule has 0 radical (unpaired) electrons. The Bertz CT molecular complexity index is 598. The molecule has 2 aromatic carbocycles. The Hall–Kier alpha value is -1.51. The summed E-state index contributed by atoms with van der Waals surface area (Å²) in [6.07, 6.45) is 0. The van der Waals surface area contributed by atoms with Crippen LogP contribution in [-0.4, -0.2) is 5.11 Å². The number of aliphatic hydroxyl groups is 1. The van der Waals surface area contributed by atoms with Crippen molar-refractivity contribution in [2.45, 2.75) is 39.4 Å². The first-order valence-electron chi connectivity index (χ1n) is 7.01. The molecule has 1 N–H and O–H groups in total. The minimum absolute atomic E-state index is 0.0845. The monoisotopic (exact) mass is 304 g/mol. The molecule has 21 heavy (non-hydrogen) atoms. The smallest absolute Gasteiger partial charge is 0.125 e. The highest BCUT2D eigenvalue weighted by Crippen LogP contribution is 2.25. The molecule has 0 saturated carbocycles. The van der Waals surface area contributed by atoms with E-state index >= 15 is 0 Å². The van der Waals surface area contributed by atoms with Crippen LogP contribution in [0.1, 0.15) is 37.5 Å². The van der Waals surface area contributed by atoms with Gasteiger partial charge in [0.15, 0.2) is 0 Å². The predicted molar refractivity (Wildman–Crippen MR) is 86.8 cm³/mol. The van der Waals surface area contributed by atoms with Gasteiger partial charge in [0.05, 0.1) is 6.61 Å². The molecule has 0 aliphatic carbocycles. The van der Waals surface area contributed by atoms with E-state index in [-0.39, 0.29) is 12.0 Å². The zero-order chi connectivity index (χ0) is 15.5. The first-order valence-corrected chi connectivity index (χ1v) is 7.39. The zero-order valence-corrected chi connectivity index (χ0v) is 13.4. The Balaban J connectivity index is 2.07. The van der Waals surface area contributed by atoms with Crippen LogP contribution in [0.15, 0.2) is 42.5 Å². The van der Waals surface area contributed by atoms with Crippen molar-refractivity contribution in [1.29, 1.82) is 0 Å². The fourth-order valence-electron chi connectivity index (χ4n) is 2.07. The van der Waals surface area contributed by atoms with E-state index in [4.69, 9.17) is 16.3 Å². The van der Waals surface area contributed by atoms with Crippen molar-refractivity contribution >= 4 is 11.6 Å². The number of hydrogen-bond donors (Lipinski definition) is 1. The number of hydrogen-bond acceptors (Lipinski definition) is 2. The van der Waals surface area contributed by atoms with Gasteiger partial charge in [-0.1, -0.05) is 56.6 Å². The van der Waals surface area contributed by atoms with E-state index in [0.29, 0.717) is 22.9 Å². The van der Waals surface area contributed by atoms with Crippen LogP contribution in [-0.2, 0) is 18.6 Å². The largest absolute Gasteiger partial charge is 0.489 e. The lowest BCUT2D eigenvalue weighted by Gasteiger charge is -2.19. The van der Waals surface area contributed by atoms with Gasteiger partial charge in [-0.25, -0.2) is 0 Å². The van der Waals surface area contributed by atoms with E-state index in [9.17, 15) is 5.11 Å². The van der Waals surface area contributed by atoms with Gasteiger partial charge >= 0.3 is 0 Å². The van der Waals surface area contributed by atoms with Crippen LogP contribution in [0.25, 0.3) is 0 Å². The predicted octanol–water partition coefficient (Wildman–Crippen LogP) is 4.71. The third-order valence-corrected chi connectivity index (χ3v) is 3.64. The van der Waals surface area contributed by atoms with Gasteiger partial charge in [-0.2, -0.15) is 0 Å². The van der Waals surface area contributed by atoms with Crippen LogP contribution in [0.4, 0.5) is 0 Å². The first-order chi connectivity index (χ1) is 9.90. The van der Waals surface area contributed by atoms with Crippen molar-refractivity contribution in [3.8, 4) is 5.75 Å². The first kappa shape index (κ1) is 15.9. The number of rotatable bonds is 4. The number of aliphatic hydroxyl groups excluding tert-OH is 1. The van der Waals surface area contributed by atoms with Gasteiger partial charge in [0.2, 0.25) is 0 Å². The van der Waals surface area contributed by atoms with Crippen LogP contribution in [0.2, 0.25) is 5.02 Å². The van der Waals surface area contributed by atoms with Gasteiger partial charge in [0, 0.05) is 10.6 Å². The lowest BCUT2D eigenvalue weighted by atomic mass is 9.87. The van der Waals surface area contributed by atoms with E-state index in [1.807, 2.05) is 0 Å². The number of ether oxygens (including phenoxy) is 1. The summed E-state index contributed by atoms with van der Waals surface area (Å²) in [7, 11) is 0. The molecule has 0 fully saturated rings. The fraction of sp³-hybridized carbons (Fsp3) is 0.333. The van der Waals surface area contributed by atoms with Gasteiger partial charge in [-0.15, -0.1) is 0 Å². The van der Waals surface area contributed by atoms with E-state index in [1.54, 1.807) is 18.2 Å². The molecule has 0 unspecified atom stereocenters. The van der Waals surface area contributed by atoms with Crippen molar-refractivity contribution < 1.29 is 9.84 Å². The van der Waals surface area contributed by atoms with Crippen molar-refractivity contribution in [2.24, 2.45) is 0 Å². The van der Waals surface area contributed by atoms with Crippen molar-refractivity contribution in [1.82, 2.24) is 0 Å². The van der Waals surface area contributed by atoms with Gasteiger partial charge in [0.1, 0.15) is 12.4 Å². The summed E-state index contributed by atoms with van der Waals surface area (Å²) in [5.41, 5.74) is 3.25. The number of benzene rings is 2. The van der Waals surface area contributed by atoms with Crippen LogP contribution >= 0.6 is 11.6 Å². The van der Waals surface area contributed by atoms with E-state index in [0.717, 1.165) is 5.56 Å². The van der Waals surface area contributed by atoms with Crippen LogP contribution in [0, 0.1) is 0 Å². The maximum Gasteiger partial charge on any atom is 0.125 e. The summed E-state index contributed by atoms with van der Waals surface area (Å²) in [5, 5.41) is 9.93. The van der Waals surface area contributed by atoms with E-state index in [2.05, 4.69) is 45.0 Å². The Labute approximate surface area is 131 Å². The standard InChI is InChI=1S/C18H21ClO2/c1-18(2,3)15-6-4-13(5-7-15)12-21-17-9-8-16(19)10-14(17)11-20/h4-10,20H,11-12H2,1-3H3. The Kier molecular flexibility index (Phi) is 4.92. The minimum atomic E-state index is -0.0845. The molecular formula is C18H21ClO2. The summed E-state index contributed by atoms with van der Waals surface area (Å²) in [6.45, 7) is 6.97. The molecule has 0 amide bonds. The molecule has 0 saturated heterocycles.